The van der Waals surface area contributed by atoms with Crippen molar-refractivity contribution in [1.29, 1.82) is 0 Å². The fourth-order valence-electron chi connectivity index (χ4n) is 3.04. The molecule has 2 fully saturated rings. The highest BCUT2D eigenvalue weighted by atomic mass is 19.1. The molecule has 2 aliphatic rings. The number of nitrogens with zero attached hydrogens (tertiary/aromatic N) is 2. The predicted octanol–water partition coefficient (Wildman–Crippen LogP) is 2.22. The summed E-state index contributed by atoms with van der Waals surface area (Å²) in [5.74, 6) is -0.0897. The molecule has 4 heteroatoms. The normalized spacial score (nSPS) is 20.4. The van der Waals surface area contributed by atoms with Gasteiger partial charge in [-0.1, -0.05) is 13.0 Å². The molecule has 0 spiro atoms. The average molecular weight is 277 g/mol. The summed E-state index contributed by atoms with van der Waals surface area (Å²) in [6.45, 7) is 7.78. The first-order valence-corrected chi connectivity index (χ1v) is 7.76. The largest absolute Gasteiger partial charge is 0.369 e. The second-order valence-corrected chi connectivity index (χ2v) is 5.77. The zero-order valence-electron chi connectivity index (χ0n) is 12.2. The minimum atomic E-state index is -0.0897. The maximum Gasteiger partial charge on any atom is 0.129 e. The topological polar surface area (TPSA) is 18.5 Å². The molecule has 0 aromatic heterocycles. The SMILES string of the molecule is CCNCc1c(F)cccc1N1CCN(C2CC2)CC1. The fraction of sp³-hybridized carbons (Fsp3) is 0.625. The third-order valence-corrected chi connectivity index (χ3v) is 4.36. The van der Waals surface area contributed by atoms with Crippen molar-refractivity contribution in [2.24, 2.45) is 0 Å². The lowest BCUT2D eigenvalue weighted by atomic mass is 10.1. The zero-order chi connectivity index (χ0) is 13.9. The lowest BCUT2D eigenvalue weighted by molar-refractivity contribution is 0.248. The van der Waals surface area contributed by atoms with Gasteiger partial charge in [0.2, 0.25) is 0 Å². The Morgan fingerprint density at radius 2 is 1.95 bits per heavy atom. The maximum atomic E-state index is 14.1. The second kappa shape index (κ2) is 6.10. The summed E-state index contributed by atoms with van der Waals surface area (Å²) in [7, 11) is 0. The van der Waals surface area contributed by atoms with E-state index >= 15 is 0 Å². The molecular weight excluding hydrogens is 253 g/mol. The van der Waals surface area contributed by atoms with E-state index in [0.29, 0.717) is 6.54 Å². The van der Waals surface area contributed by atoms with E-state index in [-0.39, 0.29) is 5.82 Å². The van der Waals surface area contributed by atoms with Gasteiger partial charge in [0.15, 0.2) is 0 Å². The summed E-state index contributed by atoms with van der Waals surface area (Å²) >= 11 is 0. The van der Waals surface area contributed by atoms with Crippen LogP contribution in [0.2, 0.25) is 0 Å². The predicted molar refractivity (Wildman–Crippen MR) is 80.6 cm³/mol. The Morgan fingerprint density at radius 3 is 2.60 bits per heavy atom. The van der Waals surface area contributed by atoms with Crippen molar-refractivity contribution in [3.63, 3.8) is 0 Å². The Hall–Kier alpha value is -1.13. The van der Waals surface area contributed by atoms with Crippen molar-refractivity contribution in [3.8, 4) is 0 Å². The summed E-state index contributed by atoms with van der Waals surface area (Å²) in [5, 5.41) is 3.24. The highest BCUT2D eigenvalue weighted by Gasteiger charge is 2.31. The van der Waals surface area contributed by atoms with E-state index in [1.165, 1.54) is 12.8 Å². The molecule has 1 aromatic carbocycles. The van der Waals surface area contributed by atoms with Gasteiger partial charge in [0.1, 0.15) is 5.82 Å². The van der Waals surface area contributed by atoms with Gasteiger partial charge < -0.3 is 10.2 Å². The molecule has 110 valence electrons. The quantitative estimate of drug-likeness (QED) is 0.890. The van der Waals surface area contributed by atoms with Gasteiger partial charge in [-0.25, -0.2) is 4.39 Å². The van der Waals surface area contributed by atoms with Crippen molar-refractivity contribution in [2.45, 2.75) is 32.4 Å². The first kappa shape index (κ1) is 13.8. The summed E-state index contributed by atoms with van der Waals surface area (Å²) in [6, 6.07) is 6.29. The van der Waals surface area contributed by atoms with E-state index in [1.54, 1.807) is 6.07 Å². The first-order valence-electron chi connectivity index (χ1n) is 7.76. The molecule has 0 amide bonds. The molecule has 1 aliphatic heterocycles. The number of hydrogen-bond donors (Lipinski definition) is 1. The van der Waals surface area contributed by atoms with Gasteiger partial charge in [0.05, 0.1) is 0 Å². The minimum absolute atomic E-state index is 0.0897. The highest BCUT2D eigenvalue weighted by molar-refractivity contribution is 5.54. The second-order valence-electron chi connectivity index (χ2n) is 5.77. The summed E-state index contributed by atoms with van der Waals surface area (Å²) < 4.78 is 14.1. The van der Waals surface area contributed by atoms with Crippen LogP contribution in [-0.2, 0) is 6.54 Å². The third-order valence-electron chi connectivity index (χ3n) is 4.36. The molecule has 0 bridgehead atoms. The molecule has 1 N–H and O–H groups in total. The van der Waals surface area contributed by atoms with Crippen molar-refractivity contribution in [3.05, 3.63) is 29.6 Å². The molecule has 1 aliphatic carbocycles. The summed E-state index contributed by atoms with van der Waals surface area (Å²) in [6.07, 6.45) is 2.73. The van der Waals surface area contributed by atoms with Crippen LogP contribution in [-0.4, -0.2) is 43.7 Å². The number of benzene rings is 1. The maximum absolute atomic E-state index is 14.1. The number of rotatable bonds is 5. The van der Waals surface area contributed by atoms with Crippen LogP contribution >= 0.6 is 0 Å². The van der Waals surface area contributed by atoms with Crippen molar-refractivity contribution < 1.29 is 4.39 Å². The number of piperazine rings is 1. The number of hydrogen-bond acceptors (Lipinski definition) is 3. The Morgan fingerprint density at radius 1 is 1.20 bits per heavy atom. The van der Waals surface area contributed by atoms with Gasteiger partial charge in [-0.15, -0.1) is 0 Å². The third kappa shape index (κ3) is 2.96. The fourth-order valence-corrected chi connectivity index (χ4v) is 3.04. The van der Waals surface area contributed by atoms with Crippen LogP contribution in [0.1, 0.15) is 25.3 Å². The first-order chi connectivity index (χ1) is 9.79. The van der Waals surface area contributed by atoms with E-state index in [9.17, 15) is 4.39 Å². The van der Waals surface area contributed by atoms with Crippen LogP contribution in [0.25, 0.3) is 0 Å². The Kier molecular flexibility index (Phi) is 4.22. The Balaban J connectivity index is 1.71. The molecule has 1 aromatic rings. The lowest BCUT2D eigenvalue weighted by Gasteiger charge is -2.37. The van der Waals surface area contributed by atoms with Gasteiger partial charge >= 0.3 is 0 Å². The van der Waals surface area contributed by atoms with Gasteiger partial charge in [-0.2, -0.15) is 0 Å². The molecule has 1 saturated carbocycles. The minimum Gasteiger partial charge on any atom is -0.369 e. The van der Waals surface area contributed by atoms with Crippen molar-refractivity contribution >= 4 is 5.69 Å². The van der Waals surface area contributed by atoms with Crippen molar-refractivity contribution in [1.82, 2.24) is 10.2 Å². The smallest absolute Gasteiger partial charge is 0.129 e. The number of halogens is 1. The van der Waals surface area contributed by atoms with Gasteiger partial charge in [-0.3, -0.25) is 4.90 Å². The van der Waals surface area contributed by atoms with E-state index in [1.807, 2.05) is 6.07 Å². The van der Waals surface area contributed by atoms with E-state index < -0.39 is 0 Å². The summed E-state index contributed by atoms with van der Waals surface area (Å²) in [4.78, 5) is 4.92. The van der Waals surface area contributed by atoms with E-state index in [4.69, 9.17) is 0 Å². The van der Waals surface area contributed by atoms with Crippen LogP contribution in [0.4, 0.5) is 10.1 Å². The van der Waals surface area contributed by atoms with Crippen LogP contribution in [0.5, 0.6) is 0 Å². The molecule has 20 heavy (non-hydrogen) atoms. The lowest BCUT2D eigenvalue weighted by Crippen LogP contribution is -2.47. The monoisotopic (exact) mass is 277 g/mol. The molecule has 0 radical (unpaired) electrons. The van der Waals surface area contributed by atoms with Gasteiger partial charge in [-0.05, 0) is 31.5 Å². The average Bonchev–Trinajstić information content (AvgIpc) is 3.31. The van der Waals surface area contributed by atoms with Crippen molar-refractivity contribution in [2.75, 3.05) is 37.6 Å². The highest BCUT2D eigenvalue weighted by Crippen LogP contribution is 2.30. The van der Waals surface area contributed by atoms with Gasteiger partial charge in [0, 0.05) is 50.0 Å². The molecule has 0 atom stereocenters. The molecule has 1 saturated heterocycles. The number of anilines is 1. The zero-order valence-corrected chi connectivity index (χ0v) is 12.2. The van der Waals surface area contributed by atoms with E-state index in [2.05, 4.69) is 28.1 Å². The summed E-state index contributed by atoms with van der Waals surface area (Å²) in [5.41, 5.74) is 1.88. The molecule has 3 nitrogen and oxygen atoms in total. The standard InChI is InChI=1S/C16H24FN3/c1-2-18-12-14-15(17)4-3-5-16(14)20-10-8-19(9-11-20)13-6-7-13/h3-5,13,18H,2,6-12H2,1H3. The Bertz CT molecular complexity index is 451. The molecule has 0 unspecified atom stereocenters. The van der Waals surface area contributed by atoms with Gasteiger partial charge in [0.25, 0.3) is 0 Å². The molecule has 3 rings (SSSR count). The van der Waals surface area contributed by atoms with Crippen LogP contribution < -0.4 is 10.2 Å². The molecular formula is C16H24FN3. The Labute approximate surface area is 120 Å². The molecule has 1 heterocycles. The number of nitrogens with one attached hydrogen (secondary N) is 1. The van der Waals surface area contributed by atoms with Crippen LogP contribution in [0.15, 0.2) is 18.2 Å². The van der Waals surface area contributed by atoms with Crippen LogP contribution in [0.3, 0.4) is 0 Å². The van der Waals surface area contributed by atoms with E-state index in [0.717, 1.165) is 50.0 Å². The van der Waals surface area contributed by atoms with Crippen LogP contribution in [0, 0.1) is 5.82 Å².